The van der Waals surface area contributed by atoms with E-state index < -0.39 is 10.2 Å². The molecule has 0 atom stereocenters. The molecule has 0 aliphatic carbocycles. The van der Waals surface area contributed by atoms with Crippen LogP contribution in [0.4, 0.5) is 5.82 Å². The van der Waals surface area contributed by atoms with E-state index in [9.17, 15) is 0 Å². The Hall–Kier alpha value is -0.700. The van der Waals surface area contributed by atoms with Gasteiger partial charge >= 0.3 is 0 Å². The van der Waals surface area contributed by atoms with Gasteiger partial charge in [0.05, 0.1) is 0 Å². The van der Waals surface area contributed by atoms with E-state index in [2.05, 4.69) is 28.5 Å². The van der Waals surface area contributed by atoms with Crippen LogP contribution in [0.5, 0.6) is 0 Å². The maximum absolute atomic E-state index is 4.37. The molecular formula is C9H16N2S. The number of nitrogens with one attached hydrogen (secondary N) is 1. The first-order valence-electron chi connectivity index (χ1n) is 3.87. The zero-order chi connectivity index (χ0) is 9.19. The standard InChI is InChI=1S/C9H16N2S/c1-8-6-5-7-9(10-8)11-12(2,3)4/h5-7H,1-4H3,(H,10,11). The van der Waals surface area contributed by atoms with Crippen LogP contribution in [0.25, 0.3) is 0 Å². The zero-order valence-electron chi connectivity index (χ0n) is 8.09. The van der Waals surface area contributed by atoms with Crippen molar-refractivity contribution in [3.05, 3.63) is 23.9 Å². The second-order valence-corrected chi connectivity index (χ2v) is 7.48. The number of hydrogen-bond acceptors (Lipinski definition) is 2. The third-order valence-electron chi connectivity index (χ3n) is 1.30. The highest BCUT2D eigenvalue weighted by Gasteiger charge is 2.03. The van der Waals surface area contributed by atoms with Gasteiger partial charge in [-0.1, -0.05) is 6.07 Å². The summed E-state index contributed by atoms with van der Waals surface area (Å²) < 4.78 is 3.39. The van der Waals surface area contributed by atoms with Crippen LogP contribution < -0.4 is 4.72 Å². The molecule has 0 aliphatic rings. The summed E-state index contributed by atoms with van der Waals surface area (Å²) in [4.78, 5) is 4.37. The lowest BCUT2D eigenvalue weighted by atomic mass is 10.4. The lowest BCUT2D eigenvalue weighted by molar-refractivity contribution is 1.21. The summed E-state index contributed by atoms with van der Waals surface area (Å²) >= 11 is 0. The normalized spacial score (nSPS) is 12.7. The van der Waals surface area contributed by atoms with Crippen molar-refractivity contribution < 1.29 is 0 Å². The zero-order valence-corrected chi connectivity index (χ0v) is 8.90. The highest BCUT2D eigenvalue weighted by atomic mass is 32.3. The van der Waals surface area contributed by atoms with Gasteiger partial charge in [-0.3, -0.25) is 0 Å². The van der Waals surface area contributed by atoms with Gasteiger partial charge in [0.25, 0.3) is 0 Å². The number of hydrogen-bond donors (Lipinski definition) is 1. The predicted octanol–water partition coefficient (Wildman–Crippen LogP) is 2.41. The lowest BCUT2D eigenvalue weighted by Gasteiger charge is -2.27. The van der Waals surface area contributed by atoms with Gasteiger partial charge in [-0.05, 0) is 37.8 Å². The average Bonchev–Trinajstić information content (AvgIpc) is 1.82. The number of rotatable bonds is 2. The molecule has 0 unspecified atom stereocenters. The lowest BCUT2D eigenvalue weighted by Crippen LogP contribution is -2.06. The molecule has 0 radical (unpaired) electrons. The second kappa shape index (κ2) is 3.35. The van der Waals surface area contributed by atoms with Gasteiger partial charge in [-0.15, -0.1) is 0 Å². The Balaban J connectivity index is 2.77. The van der Waals surface area contributed by atoms with Crippen molar-refractivity contribution in [2.75, 3.05) is 23.5 Å². The van der Waals surface area contributed by atoms with E-state index in [4.69, 9.17) is 0 Å². The minimum atomic E-state index is -0.706. The van der Waals surface area contributed by atoms with Crippen LogP contribution in [-0.4, -0.2) is 23.8 Å². The molecule has 1 aromatic rings. The van der Waals surface area contributed by atoms with E-state index >= 15 is 0 Å². The van der Waals surface area contributed by atoms with Gasteiger partial charge < -0.3 is 4.72 Å². The molecule has 0 spiro atoms. The fourth-order valence-electron chi connectivity index (χ4n) is 0.914. The smallest absolute Gasteiger partial charge is 0.134 e. The fraction of sp³-hybridized carbons (Fsp3) is 0.444. The number of nitrogens with zero attached hydrogens (tertiary/aromatic N) is 1. The molecule has 1 rings (SSSR count). The molecule has 1 N–H and O–H groups in total. The quantitative estimate of drug-likeness (QED) is 0.763. The molecular weight excluding hydrogens is 168 g/mol. The molecule has 0 bridgehead atoms. The van der Waals surface area contributed by atoms with E-state index in [0.717, 1.165) is 11.5 Å². The first kappa shape index (κ1) is 9.39. The Kier molecular flexibility index (Phi) is 2.62. The van der Waals surface area contributed by atoms with Crippen LogP contribution >= 0.6 is 10.2 Å². The Morgan fingerprint density at radius 2 is 1.92 bits per heavy atom. The summed E-state index contributed by atoms with van der Waals surface area (Å²) in [6.07, 6.45) is 6.62. The van der Waals surface area contributed by atoms with Crippen LogP contribution in [0.15, 0.2) is 18.2 Å². The van der Waals surface area contributed by atoms with Gasteiger partial charge in [-0.2, -0.15) is 10.2 Å². The average molecular weight is 184 g/mol. The number of anilines is 1. The Morgan fingerprint density at radius 1 is 1.25 bits per heavy atom. The van der Waals surface area contributed by atoms with E-state index in [0.29, 0.717) is 0 Å². The molecule has 1 aromatic heterocycles. The topological polar surface area (TPSA) is 24.9 Å². The van der Waals surface area contributed by atoms with Crippen LogP contribution in [0, 0.1) is 6.92 Å². The molecule has 1 heterocycles. The van der Waals surface area contributed by atoms with E-state index in [-0.39, 0.29) is 0 Å². The van der Waals surface area contributed by atoms with E-state index in [1.54, 1.807) is 0 Å². The monoisotopic (exact) mass is 184 g/mol. The van der Waals surface area contributed by atoms with Gasteiger partial charge in [0.2, 0.25) is 0 Å². The Bertz CT molecular complexity index is 265. The summed E-state index contributed by atoms with van der Waals surface area (Å²) in [5.74, 6) is 0.984. The van der Waals surface area contributed by atoms with Gasteiger partial charge in [0.1, 0.15) is 5.82 Å². The maximum Gasteiger partial charge on any atom is 0.134 e. The minimum absolute atomic E-state index is 0.706. The first-order valence-corrected chi connectivity index (χ1v) is 6.73. The van der Waals surface area contributed by atoms with Crippen molar-refractivity contribution >= 4 is 16.0 Å². The summed E-state index contributed by atoms with van der Waals surface area (Å²) in [6, 6.07) is 6.03. The molecule has 0 saturated heterocycles. The molecule has 2 nitrogen and oxygen atoms in total. The molecule has 0 fully saturated rings. The number of pyridine rings is 1. The molecule has 3 heteroatoms. The molecule has 0 aromatic carbocycles. The molecule has 12 heavy (non-hydrogen) atoms. The summed E-state index contributed by atoms with van der Waals surface area (Å²) in [5.41, 5.74) is 1.06. The minimum Gasteiger partial charge on any atom is -0.333 e. The maximum atomic E-state index is 4.37. The van der Waals surface area contributed by atoms with Crippen molar-refractivity contribution in [1.29, 1.82) is 0 Å². The van der Waals surface area contributed by atoms with Crippen LogP contribution in [-0.2, 0) is 0 Å². The third kappa shape index (κ3) is 3.13. The Labute approximate surface area is 75.9 Å². The summed E-state index contributed by atoms with van der Waals surface area (Å²) in [7, 11) is -0.706. The van der Waals surface area contributed by atoms with Crippen LogP contribution in [0.3, 0.4) is 0 Å². The van der Waals surface area contributed by atoms with Crippen molar-refractivity contribution in [2.24, 2.45) is 0 Å². The summed E-state index contributed by atoms with van der Waals surface area (Å²) in [6.45, 7) is 2.00. The SMILES string of the molecule is Cc1cccc(NS(C)(C)C)n1. The molecule has 0 aliphatic heterocycles. The highest BCUT2D eigenvalue weighted by molar-refractivity contribution is 8.33. The van der Waals surface area contributed by atoms with E-state index in [1.165, 1.54) is 0 Å². The second-order valence-electron chi connectivity index (χ2n) is 3.60. The van der Waals surface area contributed by atoms with Crippen molar-refractivity contribution in [3.63, 3.8) is 0 Å². The largest absolute Gasteiger partial charge is 0.333 e. The summed E-state index contributed by atoms with van der Waals surface area (Å²) in [5, 5.41) is 0. The van der Waals surface area contributed by atoms with Gasteiger partial charge in [0.15, 0.2) is 0 Å². The predicted molar refractivity (Wildman–Crippen MR) is 58.0 cm³/mol. The van der Waals surface area contributed by atoms with Crippen molar-refractivity contribution in [2.45, 2.75) is 6.92 Å². The van der Waals surface area contributed by atoms with Crippen molar-refractivity contribution in [3.8, 4) is 0 Å². The van der Waals surface area contributed by atoms with Crippen LogP contribution in [0.2, 0.25) is 0 Å². The van der Waals surface area contributed by atoms with Crippen molar-refractivity contribution in [1.82, 2.24) is 4.98 Å². The molecule has 0 saturated carbocycles. The number of aromatic nitrogens is 1. The first-order chi connectivity index (χ1) is 5.47. The number of aryl methyl sites for hydroxylation is 1. The highest BCUT2D eigenvalue weighted by Crippen LogP contribution is 2.34. The van der Waals surface area contributed by atoms with Crippen LogP contribution in [0.1, 0.15) is 5.69 Å². The van der Waals surface area contributed by atoms with Gasteiger partial charge in [-0.25, -0.2) is 4.98 Å². The fourth-order valence-corrected chi connectivity index (χ4v) is 1.65. The van der Waals surface area contributed by atoms with E-state index in [1.807, 2.05) is 25.1 Å². The molecule has 68 valence electrons. The Morgan fingerprint density at radius 3 is 2.42 bits per heavy atom. The van der Waals surface area contributed by atoms with Gasteiger partial charge in [0, 0.05) is 5.69 Å². The third-order valence-corrected chi connectivity index (χ3v) is 2.12. The molecule has 0 amide bonds.